The summed E-state index contributed by atoms with van der Waals surface area (Å²) in [5.74, 6) is -0.0590. The molecular weight excluding hydrogens is 312 g/mol. The Labute approximate surface area is 129 Å². The van der Waals surface area contributed by atoms with Crippen LogP contribution in [-0.2, 0) is 0 Å². The predicted molar refractivity (Wildman–Crippen MR) is 82.2 cm³/mol. The van der Waals surface area contributed by atoms with Crippen LogP contribution in [0.25, 0.3) is 0 Å². The van der Waals surface area contributed by atoms with Crippen LogP contribution in [0, 0.1) is 10.1 Å². The van der Waals surface area contributed by atoms with E-state index in [1.807, 2.05) is 0 Å². The lowest BCUT2D eigenvalue weighted by Crippen LogP contribution is -2.09. The molecule has 0 aliphatic heterocycles. The topological polar surface area (TPSA) is 98.0 Å². The lowest BCUT2D eigenvalue weighted by atomic mass is 10.1. The number of nitrogens with zero attached hydrogens (tertiary/aromatic N) is 3. The van der Waals surface area contributed by atoms with Crippen LogP contribution in [0.15, 0.2) is 12.1 Å². The van der Waals surface area contributed by atoms with Crippen LogP contribution in [0.5, 0.6) is 0 Å². The summed E-state index contributed by atoms with van der Waals surface area (Å²) in [7, 11) is 0. The van der Waals surface area contributed by atoms with Crippen LogP contribution in [0.1, 0.15) is 47.3 Å². The largest absolute Gasteiger partial charge is 0.324 e. The highest BCUT2D eigenvalue weighted by Gasteiger charge is 2.18. The number of rotatable bonds is 6. The number of aromatic nitrogens is 2. The monoisotopic (exact) mass is 326 g/mol. The third-order valence-electron chi connectivity index (χ3n) is 2.99. The van der Waals surface area contributed by atoms with Crippen molar-refractivity contribution in [2.24, 2.45) is 0 Å². The number of nitrogens with one attached hydrogen (secondary N) is 1. The van der Waals surface area contributed by atoms with E-state index in [1.54, 1.807) is 0 Å². The van der Waals surface area contributed by atoms with Crippen LogP contribution in [0.4, 0.5) is 10.1 Å². The summed E-state index contributed by atoms with van der Waals surface area (Å²) < 4.78 is 0. The summed E-state index contributed by atoms with van der Waals surface area (Å²) in [4.78, 5) is 22.3. The molecule has 112 valence electrons. The summed E-state index contributed by atoms with van der Waals surface area (Å²) in [5, 5.41) is 22.5. The van der Waals surface area contributed by atoms with Crippen molar-refractivity contribution in [1.82, 2.24) is 10.2 Å². The summed E-state index contributed by atoms with van der Waals surface area (Å²) in [6.45, 7) is 4.16. The Hall–Kier alpha value is -1.87. The van der Waals surface area contributed by atoms with Crippen LogP contribution >= 0.6 is 22.7 Å². The molecule has 2 heterocycles. The van der Waals surface area contributed by atoms with E-state index in [0.717, 1.165) is 29.2 Å². The minimum Gasteiger partial charge on any atom is -0.296 e. The van der Waals surface area contributed by atoms with E-state index in [1.165, 1.54) is 23.5 Å². The molecular formula is C12H14N4O3S2. The second kappa shape index (κ2) is 6.72. The summed E-state index contributed by atoms with van der Waals surface area (Å²) in [6, 6.07) is 2.75. The summed E-state index contributed by atoms with van der Waals surface area (Å²) in [5.41, 5.74) is 0. The highest BCUT2D eigenvalue weighted by molar-refractivity contribution is 7.17. The fourth-order valence-electron chi connectivity index (χ4n) is 1.79. The van der Waals surface area contributed by atoms with Gasteiger partial charge >= 0.3 is 5.00 Å². The normalized spacial score (nSPS) is 10.8. The van der Waals surface area contributed by atoms with Crippen molar-refractivity contribution in [2.45, 2.75) is 32.6 Å². The number of carbonyl (C=O) groups is 1. The Kier molecular flexibility index (Phi) is 4.97. The van der Waals surface area contributed by atoms with Gasteiger partial charge in [0.15, 0.2) is 0 Å². The van der Waals surface area contributed by atoms with Crippen molar-refractivity contribution in [2.75, 3.05) is 5.32 Å². The van der Waals surface area contributed by atoms with Crippen molar-refractivity contribution >= 4 is 38.7 Å². The Balaban J connectivity index is 2.07. The van der Waals surface area contributed by atoms with Crippen LogP contribution in [0.2, 0.25) is 0 Å². The molecule has 0 spiro atoms. The molecule has 0 atom stereocenters. The molecule has 0 saturated carbocycles. The van der Waals surface area contributed by atoms with Crippen molar-refractivity contribution in [3.8, 4) is 0 Å². The molecule has 1 N–H and O–H groups in total. The molecule has 0 aliphatic rings. The minimum absolute atomic E-state index is 0.0601. The molecule has 2 aromatic rings. The highest BCUT2D eigenvalue weighted by atomic mass is 32.1. The van der Waals surface area contributed by atoms with Gasteiger partial charge in [0.1, 0.15) is 5.01 Å². The molecule has 2 aromatic heterocycles. The third-order valence-corrected chi connectivity index (χ3v) is 5.03. The van der Waals surface area contributed by atoms with E-state index >= 15 is 0 Å². The number of carbonyl (C=O) groups excluding carboxylic acids is 1. The van der Waals surface area contributed by atoms with E-state index in [9.17, 15) is 14.9 Å². The maximum Gasteiger partial charge on any atom is 0.324 e. The molecule has 0 fully saturated rings. The van der Waals surface area contributed by atoms with Gasteiger partial charge in [0.05, 0.1) is 9.80 Å². The molecule has 9 heteroatoms. The van der Waals surface area contributed by atoms with Gasteiger partial charge in [0, 0.05) is 12.0 Å². The van der Waals surface area contributed by atoms with E-state index in [-0.39, 0.29) is 9.88 Å². The Bertz CT molecular complexity index is 648. The first-order chi connectivity index (χ1) is 10.0. The number of amides is 1. The number of hydrogen-bond donors (Lipinski definition) is 1. The zero-order chi connectivity index (χ0) is 15.4. The predicted octanol–water partition coefficient (Wildman–Crippen LogP) is 3.66. The number of anilines is 1. The molecule has 0 aliphatic carbocycles. The van der Waals surface area contributed by atoms with Crippen molar-refractivity contribution < 1.29 is 9.72 Å². The van der Waals surface area contributed by atoms with Crippen molar-refractivity contribution in [3.63, 3.8) is 0 Å². The van der Waals surface area contributed by atoms with Gasteiger partial charge in [-0.2, -0.15) is 0 Å². The Morgan fingerprint density at radius 2 is 2.05 bits per heavy atom. The van der Waals surface area contributed by atoms with Crippen molar-refractivity contribution in [3.05, 3.63) is 32.1 Å². The van der Waals surface area contributed by atoms with Gasteiger partial charge in [-0.3, -0.25) is 20.2 Å². The fourth-order valence-corrected chi connectivity index (χ4v) is 3.52. The van der Waals surface area contributed by atoms with Gasteiger partial charge in [-0.05, 0) is 18.9 Å². The van der Waals surface area contributed by atoms with Crippen molar-refractivity contribution in [1.29, 1.82) is 0 Å². The molecule has 21 heavy (non-hydrogen) atoms. The zero-order valence-electron chi connectivity index (χ0n) is 11.5. The summed E-state index contributed by atoms with van der Waals surface area (Å²) in [6.07, 6.45) is 1.94. The molecule has 0 bridgehead atoms. The van der Waals surface area contributed by atoms with E-state index < -0.39 is 10.8 Å². The first-order valence-corrected chi connectivity index (χ1v) is 8.07. The minimum atomic E-state index is -0.516. The average molecular weight is 326 g/mol. The smallest absolute Gasteiger partial charge is 0.296 e. The van der Waals surface area contributed by atoms with Gasteiger partial charge in [-0.25, -0.2) is 0 Å². The molecule has 0 aromatic carbocycles. The fraction of sp³-hybridized carbons (Fsp3) is 0.417. The van der Waals surface area contributed by atoms with Gasteiger partial charge in [-0.1, -0.05) is 36.5 Å². The maximum atomic E-state index is 12.0. The molecule has 0 saturated heterocycles. The summed E-state index contributed by atoms with van der Waals surface area (Å²) >= 11 is 2.18. The van der Waals surface area contributed by atoms with Crippen LogP contribution in [0.3, 0.4) is 0 Å². The maximum absolute atomic E-state index is 12.0. The quantitative estimate of drug-likeness (QED) is 0.645. The molecule has 0 radical (unpaired) electrons. The number of hydrogen-bond acceptors (Lipinski definition) is 7. The second-order valence-electron chi connectivity index (χ2n) is 4.31. The number of nitro groups is 1. The Morgan fingerprint density at radius 3 is 2.62 bits per heavy atom. The first kappa shape index (κ1) is 15.5. The highest BCUT2D eigenvalue weighted by Crippen LogP contribution is 2.29. The Morgan fingerprint density at radius 1 is 1.33 bits per heavy atom. The average Bonchev–Trinajstić information content (AvgIpc) is 3.09. The van der Waals surface area contributed by atoms with Gasteiger partial charge in [0.2, 0.25) is 5.13 Å². The molecule has 1 amide bonds. The van der Waals surface area contributed by atoms with Crippen LogP contribution in [-0.4, -0.2) is 21.0 Å². The van der Waals surface area contributed by atoms with Gasteiger partial charge in [-0.15, -0.1) is 10.2 Å². The van der Waals surface area contributed by atoms with Gasteiger partial charge in [0.25, 0.3) is 5.91 Å². The molecule has 7 nitrogen and oxygen atoms in total. The lowest BCUT2D eigenvalue weighted by molar-refractivity contribution is -0.380. The third kappa shape index (κ3) is 3.61. The zero-order valence-corrected chi connectivity index (χ0v) is 13.2. The number of thiophene rings is 1. The van der Waals surface area contributed by atoms with E-state index in [4.69, 9.17) is 0 Å². The SMILES string of the molecule is CCC(CC)c1nnc(NC(=O)c2ccc([N+](=O)[O-])s2)s1. The van der Waals surface area contributed by atoms with Crippen LogP contribution < -0.4 is 5.32 Å². The second-order valence-corrected chi connectivity index (χ2v) is 6.38. The molecule has 0 unspecified atom stereocenters. The van der Waals surface area contributed by atoms with E-state index in [0.29, 0.717) is 11.0 Å². The lowest BCUT2D eigenvalue weighted by Gasteiger charge is -2.05. The standard InChI is InChI=1S/C12H14N4O3S2/c1-3-7(4-2)11-14-15-12(21-11)13-10(17)8-5-6-9(20-8)16(18)19/h5-7H,3-4H2,1-2H3,(H,13,15,17). The first-order valence-electron chi connectivity index (χ1n) is 6.44. The van der Waals surface area contributed by atoms with E-state index in [2.05, 4.69) is 29.4 Å². The van der Waals surface area contributed by atoms with Gasteiger partial charge < -0.3 is 0 Å². The molecule has 2 rings (SSSR count).